The molecule has 0 fully saturated rings. The summed E-state index contributed by atoms with van der Waals surface area (Å²) in [6, 6.07) is -16.8. The molecule has 28 N–H and O–H groups in total. The first-order chi connectivity index (χ1) is 44.5. The van der Waals surface area contributed by atoms with Gasteiger partial charge in [0.1, 0.15) is 67.0 Å². The Hall–Kier alpha value is -8.83. The zero-order valence-electron chi connectivity index (χ0n) is 53.8. The number of nitrogens with one attached hydrogen (secondary N) is 12. The summed E-state index contributed by atoms with van der Waals surface area (Å²) in [7, 11) is 0. The molecule has 0 bridgehead atoms. The maximum absolute atomic E-state index is 14.0. The van der Waals surface area contributed by atoms with E-state index in [1.165, 1.54) is 13.8 Å². The Morgan fingerprint density at radius 3 is 1.22 bits per heavy atom. The van der Waals surface area contributed by atoms with Crippen LogP contribution in [0.2, 0.25) is 0 Å². The maximum Gasteiger partial charge on any atom is 0.322 e. The topological polar surface area (TPSA) is 662 Å². The third-order valence-electron chi connectivity index (χ3n) is 13.9. The average Bonchev–Trinajstić information content (AvgIpc) is 0.921. The van der Waals surface area contributed by atoms with Crippen molar-refractivity contribution in [3.63, 3.8) is 0 Å². The standard InChI is InChI=1S/C54H96N20O19S2/c1-7-26(6)41(74-42(83)27(55)10-8-16-61-53(57)58)52(93)73-40(25(4)5)51(92)68-30(12-14-35(56)77)46(87)71-34(23-95)49(90)66-28(11-9-17-62-54(59)60)45(86)69-32(21-76)48(89)72-39(24(2)3)50(91)67-29(13-15-37(79)80)43(84)63-18-36(78)65-31(20-75)47(88)70-33(22-94)44(85)64-19-38(81)82/h24-34,39-41,75-76,94-95H,7-23,55H2,1-6H3,(H2,56,77)(H,63,84)(H,64,85)(H,65,78)(H,66,90)(H,67,91)(H,68,92)(H,69,86)(H,70,88)(H,71,87)(H,72,89)(H,73,93)(H,74,83)(H,79,80)(H,81,82)(H4,57,58,61)(H4,59,60,62)/t26-,27-,28-,29-,30-,31-,32-,33-,34-,39-,40-,41-/m0/s1. The number of carboxylic acid groups (broad SMARTS) is 2. The second-order valence-electron chi connectivity index (χ2n) is 22.3. The number of aliphatic imine (C=N–C) groups is 2. The largest absolute Gasteiger partial charge is 0.481 e. The fraction of sp³-hybridized carbons (Fsp3) is 0.685. The normalized spacial score (nSPS) is 14.7. The number of nitrogens with two attached hydrogens (primary N) is 6. The van der Waals surface area contributed by atoms with Gasteiger partial charge in [0.25, 0.3) is 0 Å². The van der Waals surface area contributed by atoms with E-state index in [1.54, 1.807) is 27.7 Å². The number of carbonyl (C=O) groups is 15. The molecule has 41 heteroatoms. The van der Waals surface area contributed by atoms with Crippen molar-refractivity contribution in [3.05, 3.63) is 0 Å². The number of hydrogen-bond donors (Lipinski definition) is 24. The van der Waals surface area contributed by atoms with Crippen molar-refractivity contribution in [1.82, 2.24) is 63.8 Å². The van der Waals surface area contributed by atoms with Crippen LogP contribution in [0.15, 0.2) is 9.98 Å². The number of carbonyl (C=O) groups excluding carboxylic acids is 13. The highest BCUT2D eigenvalue weighted by molar-refractivity contribution is 7.80. The zero-order chi connectivity index (χ0) is 72.8. The van der Waals surface area contributed by atoms with E-state index in [9.17, 15) is 87.2 Å². The molecular weight excluding hydrogens is 1300 g/mol. The summed E-state index contributed by atoms with van der Waals surface area (Å²) in [5, 5.41) is 66.4. The predicted molar refractivity (Wildman–Crippen MR) is 347 cm³/mol. The van der Waals surface area contributed by atoms with Gasteiger partial charge in [-0.1, -0.05) is 48.0 Å². The molecule has 0 saturated heterocycles. The molecule has 0 spiro atoms. The third-order valence-corrected chi connectivity index (χ3v) is 14.6. The number of thiol groups is 2. The summed E-state index contributed by atoms with van der Waals surface area (Å²) < 4.78 is 0. The molecule has 0 saturated carbocycles. The van der Waals surface area contributed by atoms with Crippen LogP contribution in [0.1, 0.15) is 99.3 Å². The van der Waals surface area contributed by atoms with Gasteiger partial charge in [-0.15, -0.1) is 0 Å². The van der Waals surface area contributed by atoms with E-state index in [-0.39, 0.29) is 50.0 Å². The van der Waals surface area contributed by atoms with Gasteiger partial charge in [-0.2, -0.15) is 25.3 Å². The Bertz CT molecular complexity index is 2700. The summed E-state index contributed by atoms with van der Waals surface area (Å²) in [6.07, 6.45) is -1.61. The highest BCUT2D eigenvalue weighted by Gasteiger charge is 2.37. The fourth-order valence-electron chi connectivity index (χ4n) is 8.25. The van der Waals surface area contributed by atoms with Crippen molar-refractivity contribution in [2.45, 2.75) is 166 Å². The molecule has 12 atom stereocenters. The van der Waals surface area contributed by atoms with Crippen LogP contribution < -0.4 is 98.2 Å². The second kappa shape index (κ2) is 45.5. The molecule has 538 valence electrons. The lowest BCUT2D eigenvalue weighted by Crippen LogP contribution is -2.62. The van der Waals surface area contributed by atoms with Gasteiger partial charge in [-0.3, -0.25) is 81.9 Å². The van der Waals surface area contributed by atoms with Crippen LogP contribution >= 0.6 is 25.3 Å². The van der Waals surface area contributed by atoms with E-state index in [0.717, 1.165) is 0 Å². The number of rotatable bonds is 47. The van der Waals surface area contributed by atoms with Gasteiger partial charge in [0.05, 0.1) is 25.8 Å². The molecule has 0 heterocycles. The van der Waals surface area contributed by atoms with Crippen molar-refractivity contribution in [2.24, 2.45) is 62.1 Å². The van der Waals surface area contributed by atoms with Gasteiger partial charge in [-0.25, -0.2) is 0 Å². The Balaban J connectivity index is 6.56. The molecule has 0 radical (unpaired) electrons. The van der Waals surface area contributed by atoms with E-state index < -0.39 is 231 Å². The van der Waals surface area contributed by atoms with Crippen molar-refractivity contribution < 1.29 is 92.3 Å². The molecule has 95 heavy (non-hydrogen) atoms. The van der Waals surface area contributed by atoms with E-state index in [1.807, 2.05) is 5.32 Å². The zero-order valence-corrected chi connectivity index (χ0v) is 55.6. The SMILES string of the molecule is CC[C@H](C)[C@H](NC(=O)[C@@H](N)CCCN=C(N)N)C(=O)N[C@H](C(=O)N[C@@H](CCC(N)=O)C(=O)N[C@@H](CS)C(=O)N[C@@H](CCCN=C(N)N)C(=O)N[C@@H](CO)C(=O)N[C@H](C(=O)N[C@@H](CCC(=O)O)C(=O)NCC(=O)N[C@@H](CO)C(=O)N[C@@H](CS)C(=O)NCC(=O)O)C(C)C)C(C)C. The molecule has 0 unspecified atom stereocenters. The summed E-state index contributed by atoms with van der Waals surface area (Å²) in [6.45, 7) is 5.68. The van der Waals surface area contributed by atoms with Crippen LogP contribution in [-0.2, 0) is 71.9 Å². The number of hydrogen-bond acceptors (Lipinski definition) is 22. The molecule has 0 aromatic heterocycles. The van der Waals surface area contributed by atoms with Crippen LogP contribution in [0, 0.1) is 17.8 Å². The van der Waals surface area contributed by atoms with Gasteiger partial charge in [-0.05, 0) is 56.3 Å². The smallest absolute Gasteiger partial charge is 0.322 e. The first-order valence-corrected chi connectivity index (χ1v) is 31.3. The van der Waals surface area contributed by atoms with Crippen molar-refractivity contribution >= 4 is 126 Å². The average molecular weight is 1390 g/mol. The summed E-state index contributed by atoms with van der Waals surface area (Å²) in [5.74, 6) is -19.2. The van der Waals surface area contributed by atoms with E-state index in [4.69, 9.17) is 39.5 Å². The molecule has 0 aliphatic heterocycles. The monoisotopic (exact) mass is 1390 g/mol. The van der Waals surface area contributed by atoms with Gasteiger partial charge in [0.2, 0.25) is 76.8 Å². The number of guanidine groups is 2. The van der Waals surface area contributed by atoms with Gasteiger partial charge in [0, 0.05) is 37.4 Å². The van der Waals surface area contributed by atoms with Gasteiger partial charge >= 0.3 is 11.9 Å². The van der Waals surface area contributed by atoms with Gasteiger partial charge in [0.15, 0.2) is 11.9 Å². The molecule has 39 nitrogen and oxygen atoms in total. The van der Waals surface area contributed by atoms with E-state index in [0.29, 0.717) is 12.8 Å². The summed E-state index contributed by atoms with van der Waals surface area (Å²) in [4.78, 5) is 204. The highest BCUT2D eigenvalue weighted by Crippen LogP contribution is 2.13. The highest BCUT2D eigenvalue weighted by atomic mass is 32.1. The lowest BCUT2D eigenvalue weighted by atomic mass is 9.95. The fourth-order valence-corrected chi connectivity index (χ4v) is 8.77. The number of carboxylic acids is 2. The molecule has 0 aliphatic carbocycles. The Morgan fingerprint density at radius 2 is 0.768 bits per heavy atom. The second-order valence-corrected chi connectivity index (χ2v) is 23.1. The summed E-state index contributed by atoms with van der Waals surface area (Å²) >= 11 is 8.14. The quantitative estimate of drug-likeness (QED) is 0.0116. The molecular formula is C54H96N20O19S2. The van der Waals surface area contributed by atoms with Crippen molar-refractivity contribution in [2.75, 3.05) is 50.9 Å². The van der Waals surface area contributed by atoms with Crippen LogP contribution in [-0.4, -0.2) is 238 Å². The number of amides is 13. The van der Waals surface area contributed by atoms with E-state index >= 15 is 0 Å². The number of nitrogens with zero attached hydrogens (tertiary/aromatic N) is 2. The predicted octanol–water partition coefficient (Wildman–Crippen LogP) is -10.1. The Labute approximate surface area is 558 Å². The van der Waals surface area contributed by atoms with Gasteiger partial charge < -0.3 is 119 Å². The third kappa shape index (κ3) is 34.2. The van der Waals surface area contributed by atoms with Crippen LogP contribution in [0.4, 0.5) is 0 Å². The molecule has 0 aliphatic rings. The Kier molecular flexibility index (Phi) is 41.3. The van der Waals surface area contributed by atoms with Crippen molar-refractivity contribution in [1.29, 1.82) is 0 Å². The molecule has 0 rings (SSSR count). The first kappa shape index (κ1) is 86.2. The molecule has 0 aromatic carbocycles. The van der Waals surface area contributed by atoms with Crippen LogP contribution in [0.5, 0.6) is 0 Å². The minimum absolute atomic E-state index is 0.0207. The summed E-state index contributed by atoms with van der Waals surface area (Å²) in [5.41, 5.74) is 33.1. The van der Waals surface area contributed by atoms with Crippen LogP contribution in [0.3, 0.4) is 0 Å². The number of aliphatic hydroxyl groups excluding tert-OH is 2. The minimum atomic E-state index is -1.88. The van der Waals surface area contributed by atoms with Crippen LogP contribution in [0.25, 0.3) is 0 Å². The Morgan fingerprint density at radius 1 is 0.411 bits per heavy atom. The number of aliphatic hydroxyl groups is 2. The maximum atomic E-state index is 14.0. The molecule has 13 amide bonds. The number of aliphatic carboxylic acids is 2. The first-order valence-electron chi connectivity index (χ1n) is 30.1. The number of primary amides is 1. The van der Waals surface area contributed by atoms with E-state index in [2.05, 4.69) is 93.7 Å². The minimum Gasteiger partial charge on any atom is -0.481 e. The lowest BCUT2D eigenvalue weighted by Gasteiger charge is -2.30. The lowest BCUT2D eigenvalue weighted by molar-refractivity contribution is -0.139. The molecule has 0 aromatic rings. The van der Waals surface area contributed by atoms with Crippen molar-refractivity contribution in [3.8, 4) is 0 Å².